The minimum absolute atomic E-state index is 0.0439. The summed E-state index contributed by atoms with van der Waals surface area (Å²) < 4.78 is 5.45. The van der Waals surface area contributed by atoms with Crippen LogP contribution in [0.3, 0.4) is 0 Å². The van der Waals surface area contributed by atoms with E-state index in [1.54, 1.807) is 0 Å². The minimum Gasteiger partial charge on any atom is -0.382 e. The van der Waals surface area contributed by atoms with Gasteiger partial charge in [-0.15, -0.1) is 0 Å². The maximum absolute atomic E-state index is 12.6. The van der Waals surface area contributed by atoms with E-state index in [0.29, 0.717) is 18.2 Å². The number of hydrogen-bond acceptors (Lipinski definition) is 3. The summed E-state index contributed by atoms with van der Waals surface area (Å²) >= 11 is 0. The van der Waals surface area contributed by atoms with Crippen molar-refractivity contribution < 1.29 is 9.53 Å². The maximum Gasteiger partial charge on any atom is 0.247 e. The standard InChI is InChI=1S/C30H34N2O2/c1-21-19-29(25-9-11-27(12-10-25)32-28-13-15-34-16-14-28)22(2)17-26(21)18-23(3)30(33)31-20-24-7-5-4-6-8-24/h4-12,17-19,28,32H,13-16,20H2,1-3H3,(H,31,33). The van der Waals surface area contributed by atoms with Gasteiger partial charge >= 0.3 is 0 Å². The fourth-order valence-corrected chi connectivity index (χ4v) is 4.35. The Morgan fingerprint density at radius 2 is 1.68 bits per heavy atom. The van der Waals surface area contributed by atoms with Gasteiger partial charge < -0.3 is 15.4 Å². The van der Waals surface area contributed by atoms with Crippen LogP contribution in [0.2, 0.25) is 0 Å². The molecule has 3 aromatic rings. The monoisotopic (exact) mass is 454 g/mol. The molecule has 1 fully saturated rings. The Balaban J connectivity index is 1.44. The second kappa shape index (κ2) is 11.2. The second-order valence-electron chi connectivity index (χ2n) is 9.13. The highest BCUT2D eigenvalue weighted by molar-refractivity contribution is 5.97. The number of ether oxygens (including phenoxy) is 1. The van der Waals surface area contributed by atoms with Crippen molar-refractivity contribution in [2.45, 2.75) is 46.2 Å². The third-order valence-corrected chi connectivity index (χ3v) is 6.43. The zero-order valence-electron chi connectivity index (χ0n) is 20.4. The lowest BCUT2D eigenvalue weighted by atomic mass is 9.94. The lowest BCUT2D eigenvalue weighted by molar-refractivity contribution is -0.117. The summed E-state index contributed by atoms with van der Waals surface area (Å²) in [5, 5.41) is 6.63. The molecule has 0 atom stereocenters. The van der Waals surface area contributed by atoms with Crippen LogP contribution in [0, 0.1) is 13.8 Å². The molecule has 4 nitrogen and oxygen atoms in total. The normalized spacial score (nSPS) is 14.6. The predicted molar refractivity (Wildman–Crippen MR) is 141 cm³/mol. The van der Waals surface area contributed by atoms with Crippen molar-refractivity contribution in [1.29, 1.82) is 0 Å². The highest BCUT2D eigenvalue weighted by Gasteiger charge is 2.13. The number of carbonyl (C=O) groups excluding carboxylic acids is 1. The molecular formula is C30H34N2O2. The molecule has 4 heteroatoms. The van der Waals surface area contributed by atoms with Crippen molar-refractivity contribution in [3.05, 3.63) is 94.6 Å². The van der Waals surface area contributed by atoms with Gasteiger partial charge in [-0.25, -0.2) is 0 Å². The lowest BCUT2D eigenvalue weighted by Crippen LogP contribution is -2.27. The summed E-state index contributed by atoms with van der Waals surface area (Å²) in [5.74, 6) is -0.0439. The SMILES string of the molecule is CC(=Cc1cc(C)c(-c2ccc(NC3CCOCC3)cc2)cc1C)C(=O)NCc1ccccc1. The van der Waals surface area contributed by atoms with Crippen molar-refractivity contribution >= 4 is 17.7 Å². The molecule has 1 aliphatic rings. The highest BCUT2D eigenvalue weighted by atomic mass is 16.5. The van der Waals surface area contributed by atoms with E-state index in [1.165, 1.54) is 16.7 Å². The molecule has 1 heterocycles. The summed E-state index contributed by atoms with van der Waals surface area (Å²) in [6.07, 6.45) is 4.09. The molecule has 0 aliphatic carbocycles. The highest BCUT2D eigenvalue weighted by Crippen LogP contribution is 2.29. The maximum atomic E-state index is 12.6. The molecule has 1 saturated heterocycles. The van der Waals surface area contributed by atoms with Gasteiger partial charge in [0.1, 0.15) is 0 Å². The van der Waals surface area contributed by atoms with E-state index in [4.69, 9.17) is 4.74 Å². The van der Waals surface area contributed by atoms with Gasteiger partial charge in [0, 0.05) is 37.1 Å². The Morgan fingerprint density at radius 3 is 2.38 bits per heavy atom. The van der Waals surface area contributed by atoms with E-state index in [1.807, 2.05) is 43.3 Å². The smallest absolute Gasteiger partial charge is 0.247 e. The van der Waals surface area contributed by atoms with Crippen molar-refractivity contribution in [2.75, 3.05) is 18.5 Å². The summed E-state index contributed by atoms with van der Waals surface area (Å²) in [6.45, 7) is 8.30. The second-order valence-corrected chi connectivity index (χ2v) is 9.13. The molecule has 0 unspecified atom stereocenters. The number of benzene rings is 3. The summed E-state index contributed by atoms with van der Waals surface area (Å²) in [6, 6.07) is 23.5. The average Bonchev–Trinajstić information content (AvgIpc) is 2.86. The van der Waals surface area contributed by atoms with Crippen molar-refractivity contribution in [3.63, 3.8) is 0 Å². The van der Waals surface area contributed by atoms with Gasteiger partial charge in [0.15, 0.2) is 0 Å². The van der Waals surface area contributed by atoms with Gasteiger partial charge in [-0.05, 0) is 85.2 Å². The number of aryl methyl sites for hydroxylation is 2. The Morgan fingerprint density at radius 1 is 0.971 bits per heavy atom. The van der Waals surface area contributed by atoms with E-state index in [0.717, 1.165) is 48.4 Å². The third kappa shape index (κ3) is 6.15. The molecule has 0 radical (unpaired) electrons. The van der Waals surface area contributed by atoms with Gasteiger partial charge in [0.2, 0.25) is 5.91 Å². The van der Waals surface area contributed by atoms with Crippen LogP contribution in [0.5, 0.6) is 0 Å². The molecule has 0 aromatic heterocycles. The number of nitrogens with one attached hydrogen (secondary N) is 2. The molecule has 3 aromatic carbocycles. The number of anilines is 1. The van der Waals surface area contributed by atoms with Crippen LogP contribution in [0.1, 0.15) is 42.0 Å². The topological polar surface area (TPSA) is 50.4 Å². The average molecular weight is 455 g/mol. The Kier molecular flexibility index (Phi) is 7.81. The molecule has 0 spiro atoms. The molecule has 176 valence electrons. The largest absolute Gasteiger partial charge is 0.382 e. The van der Waals surface area contributed by atoms with Gasteiger partial charge in [-0.3, -0.25) is 4.79 Å². The quantitative estimate of drug-likeness (QED) is 0.413. The minimum atomic E-state index is -0.0439. The van der Waals surface area contributed by atoms with Crippen LogP contribution in [0.4, 0.5) is 5.69 Å². The number of rotatable bonds is 7. The lowest BCUT2D eigenvalue weighted by Gasteiger charge is -2.24. The molecule has 34 heavy (non-hydrogen) atoms. The fraction of sp³-hybridized carbons (Fsp3) is 0.300. The molecule has 4 rings (SSSR count). The summed E-state index contributed by atoms with van der Waals surface area (Å²) in [5.41, 5.74) is 8.79. The first kappa shape index (κ1) is 23.8. The van der Waals surface area contributed by atoms with Gasteiger partial charge in [0.25, 0.3) is 0 Å². The first-order valence-electron chi connectivity index (χ1n) is 12.1. The van der Waals surface area contributed by atoms with E-state index >= 15 is 0 Å². The zero-order chi connectivity index (χ0) is 23.9. The molecule has 0 bridgehead atoms. The Bertz CT molecular complexity index is 1140. The Labute approximate surface area is 203 Å². The molecule has 2 N–H and O–H groups in total. The van der Waals surface area contributed by atoms with Gasteiger partial charge in [0.05, 0.1) is 0 Å². The molecule has 0 saturated carbocycles. The number of hydrogen-bond donors (Lipinski definition) is 2. The fourth-order valence-electron chi connectivity index (χ4n) is 4.35. The zero-order valence-corrected chi connectivity index (χ0v) is 20.4. The van der Waals surface area contributed by atoms with Crippen LogP contribution < -0.4 is 10.6 Å². The predicted octanol–water partition coefficient (Wildman–Crippen LogP) is 6.28. The van der Waals surface area contributed by atoms with Crippen LogP contribution in [0.25, 0.3) is 17.2 Å². The van der Waals surface area contributed by atoms with Crippen LogP contribution in [-0.2, 0) is 16.1 Å². The van der Waals surface area contributed by atoms with Gasteiger partial charge in [-0.2, -0.15) is 0 Å². The third-order valence-electron chi connectivity index (χ3n) is 6.43. The van der Waals surface area contributed by atoms with Crippen molar-refractivity contribution in [1.82, 2.24) is 5.32 Å². The van der Waals surface area contributed by atoms with E-state index in [9.17, 15) is 4.79 Å². The van der Waals surface area contributed by atoms with Gasteiger partial charge in [-0.1, -0.05) is 54.6 Å². The summed E-state index contributed by atoms with van der Waals surface area (Å²) in [7, 11) is 0. The van der Waals surface area contributed by atoms with E-state index < -0.39 is 0 Å². The van der Waals surface area contributed by atoms with E-state index in [2.05, 4.69) is 60.9 Å². The molecule has 1 amide bonds. The molecular weight excluding hydrogens is 420 g/mol. The first-order chi connectivity index (χ1) is 16.5. The van der Waals surface area contributed by atoms with Crippen molar-refractivity contribution in [2.24, 2.45) is 0 Å². The summed E-state index contributed by atoms with van der Waals surface area (Å²) in [4.78, 5) is 12.6. The van der Waals surface area contributed by atoms with Crippen LogP contribution in [0.15, 0.2) is 72.3 Å². The molecule has 1 aliphatic heterocycles. The van der Waals surface area contributed by atoms with Crippen molar-refractivity contribution in [3.8, 4) is 11.1 Å². The first-order valence-corrected chi connectivity index (χ1v) is 12.1. The number of carbonyl (C=O) groups is 1. The van der Waals surface area contributed by atoms with E-state index in [-0.39, 0.29) is 5.91 Å². The Hall–Kier alpha value is -3.37. The van der Waals surface area contributed by atoms with Crippen LogP contribution in [-0.4, -0.2) is 25.2 Å². The number of amides is 1. The van der Waals surface area contributed by atoms with Crippen LogP contribution >= 0.6 is 0 Å².